The van der Waals surface area contributed by atoms with Crippen molar-refractivity contribution >= 4 is 5.71 Å². The summed E-state index contributed by atoms with van der Waals surface area (Å²) in [5.74, 6) is 0.529. The van der Waals surface area contributed by atoms with Gasteiger partial charge in [0, 0.05) is 37.5 Å². The zero-order valence-electron chi connectivity index (χ0n) is 29.2. The van der Waals surface area contributed by atoms with Gasteiger partial charge in [0.25, 0.3) is 0 Å². The van der Waals surface area contributed by atoms with Crippen molar-refractivity contribution in [2.75, 3.05) is 40.1 Å². The Labute approximate surface area is 294 Å². The molecule has 0 bridgehead atoms. The zero-order valence-corrected chi connectivity index (χ0v) is 29.2. The number of benzene rings is 1. The van der Waals surface area contributed by atoms with E-state index in [1.54, 1.807) is 30.1 Å². The molecule has 2 aliphatic carbocycles. The van der Waals surface area contributed by atoms with Crippen LogP contribution in [0.1, 0.15) is 81.7 Å². The molecule has 6 rings (SSSR count). The van der Waals surface area contributed by atoms with Gasteiger partial charge in [0.05, 0.1) is 24.8 Å². The molecule has 1 saturated carbocycles. The third-order valence-corrected chi connectivity index (χ3v) is 10.4. The Morgan fingerprint density at radius 3 is 2.64 bits per heavy atom. The van der Waals surface area contributed by atoms with Crippen LogP contribution in [-0.2, 0) is 14.3 Å². The number of aromatic nitrogens is 3. The van der Waals surface area contributed by atoms with Gasteiger partial charge in [0.15, 0.2) is 0 Å². The smallest absolute Gasteiger partial charge is 0.241 e. The Morgan fingerprint density at radius 2 is 1.90 bits per heavy atom. The van der Waals surface area contributed by atoms with Crippen molar-refractivity contribution in [1.82, 2.24) is 15.0 Å². The molecule has 50 heavy (non-hydrogen) atoms. The fraction of sp³-hybridized carbons (Fsp3) is 0.605. The van der Waals surface area contributed by atoms with Crippen molar-refractivity contribution in [3.8, 4) is 17.4 Å². The second-order valence-corrected chi connectivity index (χ2v) is 13.5. The first-order chi connectivity index (χ1) is 24.6. The maximum absolute atomic E-state index is 9.81. The van der Waals surface area contributed by atoms with Crippen LogP contribution in [0.3, 0.4) is 0 Å². The highest BCUT2D eigenvalue weighted by atomic mass is 16.7. The minimum Gasteiger partial charge on any atom is -0.490 e. The maximum atomic E-state index is 9.81. The number of ether oxygens (including phenoxy) is 5. The van der Waals surface area contributed by atoms with Gasteiger partial charge in [-0.05, 0) is 74.1 Å². The molecule has 2 aliphatic heterocycles. The predicted molar refractivity (Wildman–Crippen MR) is 187 cm³/mol. The third kappa shape index (κ3) is 7.35. The minimum absolute atomic E-state index is 0.0897. The Balaban J connectivity index is 1.55. The molecule has 0 radical (unpaired) electrons. The lowest BCUT2D eigenvalue weighted by atomic mass is 9.55. The van der Waals surface area contributed by atoms with E-state index in [2.05, 4.69) is 40.8 Å². The molecule has 1 aromatic heterocycles. The molecular formula is C38H52N4O8. The second-order valence-electron chi connectivity index (χ2n) is 13.5. The summed E-state index contributed by atoms with van der Waals surface area (Å²) < 4.78 is 34.3. The van der Waals surface area contributed by atoms with Crippen molar-refractivity contribution in [2.45, 2.75) is 88.2 Å². The van der Waals surface area contributed by atoms with Crippen LogP contribution in [0.25, 0.3) is 0 Å². The average molecular weight is 693 g/mol. The molecule has 12 nitrogen and oxygen atoms in total. The van der Waals surface area contributed by atoms with Crippen molar-refractivity contribution in [3.63, 3.8) is 0 Å². The van der Waals surface area contributed by atoms with Crippen LogP contribution in [0.5, 0.6) is 17.4 Å². The van der Waals surface area contributed by atoms with Gasteiger partial charge in [-0.15, -0.1) is 11.7 Å². The van der Waals surface area contributed by atoms with Gasteiger partial charge >= 0.3 is 0 Å². The summed E-state index contributed by atoms with van der Waals surface area (Å²) >= 11 is 0. The number of rotatable bonds is 18. The molecule has 12 heteroatoms. The number of hydrogen-bond acceptors (Lipinski definition) is 11. The molecule has 1 saturated heterocycles. The fourth-order valence-electron chi connectivity index (χ4n) is 8.41. The monoisotopic (exact) mass is 692 g/mol. The molecule has 2 N–H and O–H groups in total. The van der Waals surface area contributed by atoms with E-state index in [1.165, 1.54) is 0 Å². The van der Waals surface area contributed by atoms with Gasteiger partial charge in [-0.2, -0.15) is 0 Å². The van der Waals surface area contributed by atoms with Crippen LogP contribution in [-0.4, -0.2) is 83.1 Å². The SMILES string of the molecule is C=CCOc1ccc2c(c1)C1C(CCCCO)C(CCCCO)C=C3C(=NOC)CC(n4nncc4OC4CCCCO4)C(OCC=C)(O2)C31. The molecule has 1 aromatic carbocycles. The number of aliphatic hydroxyl groups excluding tert-OH is 2. The van der Waals surface area contributed by atoms with Crippen molar-refractivity contribution in [2.24, 2.45) is 22.9 Å². The van der Waals surface area contributed by atoms with Crippen molar-refractivity contribution in [3.05, 3.63) is 66.9 Å². The van der Waals surface area contributed by atoms with E-state index in [4.69, 9.17) is 28.5 Å². The first kappa shape index (κ1) is 36.1. The molecule has 7 atom stereocenters. The van der Waals surface area contributed by atoms with Gasteiger partial charge in [-0.3, -0.25) is 0 Å². The number of nitrogens with zero attached hydrogens (tertiary/aromatic N) is 4. The largest absolute Gasteiger partial charge is 0.490 e. The van der Waals surface area contributed by atoms with E-state index in [0.29, 0.717) is 37.7 Å². The van der Waals surface area contributed by atoms with Crippen LogP contribution in [0, 0.1) is 17.8 Å². The highest BCUT2D eigenvalue weighted by Gasteiger charge is 2.65. The van der Waals surface area contributed by atoms with Crippen LogP contribution in [0.15, 0.2) is 66.5 Å². The van der Waals surface area contributed by atoms with E-state index in [9.17, 15) is 10.2 Å². The highest BCUT2D eigenvalue weighted by molar-refractivity contribution is 6.02. The number of oxime groups is 1. The van der Waals surface area contributed by atoms with E-state index < -0.39 is 18.1 Å². The third-order valence-electron chi connectivity index (χ3n) is 10.4. The molecular weight excluding hydrogens is 640 g/mol. The lowest BCUT2D eigenvalue weighted by Crippen LogP contribution is -2.63. The Hall–Kier alpha value is -3.71. The van der Waals surface area contributed by atoms with Gasteiger partial charge in [0.1, 0.15) is 37.5 Å². The summed E-state index contributed by atoms with van der Waals surface area (Å²) in [6.45, 7) is 9.35. The lowest BCUT2D eigenvalue weighted by Gasteiger charge is -2.58. The standard InChI is InChI=1S/C38H52N4O8/c1-4-19-46-27-15-16-32-30(23-27)36-28(13-7-10-18-44)26(12-6-9-17-43)22-29-31(40-45-3)24-33(38(50-32,37(29)36)48-20-5-2)42-34(25-39-41-42)49-35-14-8-11-21-47-35/h4-5,15-16,22-23,25-26,28,33,35-37,43-44H,1-2,6-14,17-21,24H2,3H3. The number of fused-ring (bicyclic) bond motifs is 2. The summed E-state index contributed by atoms with van der Waals surface area (Å²) in [6, 6.07) is 5.42. The van der Waals surface area contributed by atoms with Crippen molar-refractivity contribution < 1.29 is 38.7 Å². The predicted octanol–water partition coefficient (Wildman–Crippen LogP) is 5.88. The molecule has 272 valence electrons. The number of unbranched alkanes of at least 4 members (excludes halogenated alkanes) is 2. The van der Waals surface area contributed by atoms with Crippen LogP contribution in [0.2, 0.25) is 0 Å². The molecule has 0 amide bonds. The normalized spacial score (nSPS) is 29.3. The molecule has 0 spiro atoms. The first-order valence-corrected chi connectivity index (χ1v) is 18.1. The van der Waals surface area contributed by atoms with E-state index in [-0.39, 0.29) is 43.5 Å². The van der Waals surface area contributed by atoms with E-state index >= 15 is 0 Å². The molecule has 3 heterocycles. The summed E-state index contributed by atoms with van der Waals surface area (Å²) in [5.41, 5.74) is 2.84. The topological polar surface area (TPSA) is 139 Å². The van der Waals surface area contributed by atoms with Crippen LogP contribution in [0.4, 0.5) is 0 Å². The summed E-state index contributed by atoms with van der Waals surface area (Å²) in [4.78, 5) is 5.52. The summed E-state index contributed by atoms with van der Waals surface area (Å²) in [5, 5.41) is 33.0. The summed E-state index contributed by atoms with van der Waals surface area (Å²) in [6.07, 6.45) is 15.1. The second kappa shape index (κ2) is 17.0. The highest BCUT2D eigenvalue weighted by Crippen LogP contribution is 2.63. The number of allylic oxidation sites excluding steroid dienone is 1. The van der Waals surface area contributed by atoms with Crippen molar-refractivity contribution in [1.29, 1.82) is 0 Å². The first-order valence-electron chi connectivity index (χ1n) is 18.1. The van der Waals surface area contributed by atoms with E-state index in [0.717, 1.165) is 74.0 Å². The Kier molecular flexibility index (Phi) is 12.3. The maximum Gasteiger partial charge on any atom is 0.241 e. The van der Waals surface area contributed by atoms with Gasteiger partial charge in [-0.1, -0.05) is 48.0 Å². The quantitative estimate of drug-likeness (QED) is 0.111. The number of hydrogen-bond donors (Lipinski definition) is 2. The molecule has 4 aliphatic rings. The van der Waals surface area contributed by atoms with Crippen LogP contribution >= 0.6 is 0 Å². The average Bonchev–Trinajstić information content (AvgIpc) is 3.59. The fourth-order valence-corrected chi connectivity index (χ4v) is 8.41. The number of aliphatic hydroxyl groups is 2. The Bertz CT molecular complexity index is 1500. The Morgan fingerprint density at radius 1 is 1.08 bits per heavy atom. The van der Waals surface area contributed by atoms with E-state index in [1.807, 2.05) is 12.1 Å². The molecule has 2 fully saturated rings. The molecule has 2 aromatic rings. The van der Waals surface area contributed by atoms with Crippen LogP contribution < -0.4 is 14.2 Å². The van der Waals surface area contributed by atoms with Gasteiger partial charge in [-0.25, -0.2) is 4.68 Å². The van der Waals surface area contributed by atoms with Gasteiger partial charge < -0.3 is 38.7 Å². The summed E-state index contributed by atoms with van der Waals surface area (Å²) in [7, 11) is 1.57. The zero-order chi connectivity index (χ0) is 34.9. The molecule has 7 unspecified atom stereocenters. The minimum atomic E-state index is -1.27. The van der Waals surface area contributed by atoms with Gasteiger partial charge in [0.2, 0.25) is 18.0 Å². The lowest BCUT2D eigenvalue weighted by molar-refractivity contribution is -0.253.